The number of aromatic nitrogens is 2. The largest absolute Gasteiger partial charge is 0.470 e. The minimum atomic E-state index is 0.0277. The summed E-state index contributed by atoms with van der Waals surface area (Å²) in [4.78, 5) is 26.1. The Morgan fingerprint density at radius 3 is 2.80 bits per heavy atom. The first kappa shape index (κ1) is 22.9. The van der Waals surface area contributed by atoms with Gasteiger partial charge in [0, 0.05) is 41.2 Å². The molecule has 0 radical (unpaired) electrons. The van der Waals surface area contributed by atoms with Crippen molar-refractivity contribution in [3.05, 3.63) is 52.7 Å². The maximum atomic E-state index is 13.0. The third-order valence-corrected chi connectivity index (χ3v) is 8.92. The topological polar surface area (TPSA) is 67.4 Å². The van der Waals surface area contributed by atoms with Crippen molar-refractivity contribution in [2.75, 3.05) is 19.7 Å². The number of ether oxygens (including phenoxy) is 1. The second-order valence-electron chi connectivity index (χ2n) is 10.5. The molecule has 3 aliphatic rings. The minimum absolute atomic E-state index is 0.0277. The molecule has 6 rings (SSSR count). The Bertz CT molecular complexity index is 1180. The number of amides is 1. The molecule has 0 atom stereocenters. The molecule has 3 aromatic rings. The molecule has 2 aromatic heterocycles. The predicted molar refractivity (Wildman–Crippen MR) is 139 cm³/mol. The average Bonchev–Trinajstić information content (AvgIpc) is 3.64. The van der Waals surface area contributed by atoms with Crippen molar-refractivity contribution >= 4 is 28.1 Å². The smallest absolute Gasteiger partial charge is 0.273 e. The van der Waals surface area contributed by atoms with Gasteiger partial charge in [-0.05, 0) is 87.9 Å². The summed E-state index contributed by atoms with van der Waals surface area (Å²) in [5, 5.41) is 5.09. The molecule has 2 aliphatic carbocycles. The van der Waals surface area contributed by atoms with Crippen LogP contribution in [0.3, 0.4) is 0 Å². The van der Waals surface area contributed by atoms with E-state index in [1.54, 1.807) is 17.5 Å². The Morgan fingerprint density at radius 2 is 1.94 bits per heavy atom. The van der Waals surface area contributed by atoms with E-state index < -0.39 is 0 Å². The van der Waals surface area contributed by atoms with Crippen LogP contribution in [0.1, 0.15) is 65.9 Å². The zero-order valence-corrected chi connectivity index (χ0v) is 21.1. The lowest BCUT2D eigenvalue weighted by molar-refractivity contribution is 0.0921. The van der Waals surface area contributed by atoms with Crippen LogP contribution in [0, 0.1) is 11.8 Å². The number of benzene rings is 1. The molecule has 0 saturated heterocycles. The first-order valence-corrected chi connectivity index (χ1v) is 14.0. The summed E-state index contributed by atoms with van der Waals surface area (Å²) in [6, 6.07) is 9.91. The number of nitrogens with one attached hydrogen (secondary N) is 1. The summed E-state index contributed by atoms with van der Waals surface area (Å²) in [6.07, 6.45) is 11.3. The monoisotopic (exact) mass is 490 g/mol. The van der Waals surface area contributed by atoms with Gasteiger partial charge in [0.05, 0.1) is 17.8 Å². The number of fused-ring (bicyclic) bond motifs is 2. The standard InChI is InChI=1S/C28H34N4O2S/c33-27(23-3-1-5-24-22(23)4-2-14-29-24)30-21-10-8-19(9-11-21)12-15-32-16-13-26-25(17-32)31-28(35-26)34-18-20-6-7-20/h1-5,14,19-21H,6-13,15-18H2,(H,30,33)/t19-,21-. The molecule has 7 heteroatoms. The lowest BCUT2D eigenvalue weighted by Crippen LogP contribution is -2.38. The quantitative estimate of drug-likeness (QED) is 0.469. The number of hydrogen-bond donors (Lipinski definition) is 1. The lowest BCUT2D eigenvalue weighted by atomic mass is 9.84. The minimum Gasteiger partial charge on any atom is -0.470 e. The summed E-state index contributed by atoms with van der Waals surface area (Å²) in [5.41, 5.74) is 2.83. The van der Waals surface area contributed by atoms with E-state index >= 15 is 0 Å². The van der Waals surface area contributed by atoms with Crippen molar-refractivity contribution in [3.63, 3.8) is 0 Å². The van der Waals surface area contributed by atoms with Crippen molar-refractivity contribution in [1.82, 2.24) is 20.2 Å². The Kier molecular flexibility index (Phi) is 6.70. The SMILES string of the molecule is O=C(N[C@H]1CC[C@H](CCN2CCc3sc(OCC4CC4)nc3C2)CC1)c1cccc2ncccc12. The van der Waals surface area contributed by atoms with Gasteiger partial charge in [-0.1, -0.05) is 23.5 Å². The van der Waals surface area contributed by atoms with Gasteiger partial charge in [-0.15, -0.1) is 0 Å². The molecule has 1 amide bonds. The van der Waals surface area contributed by atoms with Gasteiger partial charge in [0.2, 0.25) is 0 Å². The highest BCUT2D eigenvalue weighted by molar-refractivity contribution is 7.13. The molecule has 2 saturated carbocycles. The fourth-order valence-electron chi connectivity index (χ4n) is 5.48. The fraction of sp³-hybridized carbons (Fsp3) is 0.536. The Labute approximate surface area is 211 Å². The van der Waals surface area contributed by atoms with E-state index in [1.807, 2.05) is 30.3 Å². The molecule has 1 aliphatic heterocycles. The van der Waals surface area contributed by atoms with Crippen LogP contribution in [0.4, 0.5) is 0 Å². The van der Waals surface area contributed by atoms with Gasteiger partial charge >= 0.3 is 0 Å². The highest BCUT2D eigenvalue weighted by atomic mass is 32.1. The molecular formula is C28H34N4O2S. The van der Waals surface area contributed by atoms with E-state index in [2.05, 4.69) is 15.2 Å². The molecule has 3 heterocycles. The number of thiazole rings is 1. The van der Waals surface area contributed by atoms with Crippen molar-refractivity contribution in [2.45, 2.75) is 64.0 Å². The lowest BCUT2D eigenvalue weighted by Gasteiger charge is -2.32. The number of rotatable bonds is 8. The molecular weight excluding hydrogens is 456 g/mol. The second-order valence-corrected chi connectivity index (χ2v) is 11.5. The van der Waals surface area contributed by atoms with Gasteiger partial charge in [0.15, 0.2) is 0 Å². The van der Waals surface area contributed by atoms with Crippen LogP contribution in [0.25, 0.3) is 10.9 Å². The Hall–Kier alpha value is -2.51. The van der Waals surface area contributed by atoms with Crippen molar-refractivity contribution in [2.24, 2.45) is 11.8 Å². The van der Waals surface area contributed by atoms with Gasteiger partial charge in [-0.3, -0.25) is 14.7 Å². The number of pyridine rings is 1. The van der Waals surface area contributed by atoms with Crippen LogP contribution in [0.2, 0.25) is 0 Å². The first-order valence-electron chi connectivity index (χ1n) is 13.2. The van der Waals surface area contributed by atoms with E-state index in [1.165, 1.54) is 42.7 Å². The molecule has 35 heavy (non-hydrogen) atoms. The van der Waals surface area contributed by atoms with Gasteiger partial charge in [0.1, 0.15) is 0 Å². The summed E-state index contributed by atoms with van der Waals surface area (Å²) in [7, 11) is 0. The third kappa shape index (κ3) is 5.51. The zero-order valence-electron chi connectivity index (χ0n) is 20.2. The number of carbonyl (C=O) groups excluding carboxylic acids is 1. The molecule has 0 bridgehead atoms. The first-order chi connectivity index (χ1) is 17.2. The number of carbonyl (C=O) groups is 1. The van der Waals surface area contributed by atoms with Crippen LogP contribution < -0.4 is 10.1 Å². The van der Waals surface area contributed by atoms with E-state index in [-0.39, 0.29) is 11.9 Å². The predicted octanol–water partition coefficient (Wildman–Crippen LogP) is 5.22. The second kappa shape index (κ2) is 10.2. The molecule has 1 N–H and O–H groups in total. The Morgan fingerprint density at radius 1 is 1.09 bits per heavy atom. The van der Waals surface area contributed by atoms with Gasteiger partial charge in [0.25, 0.3) is 11.1 Å². The van der Waals surface area contributed by atoms with Crippen LogP contribution in [-0.2, 0) is 13.0 Å². The molecule has 0 unspecified atom stereocenters. The zero-order chi connectivity index (χ0) is 23.6. The summed E-state index contributed by atoms with van der Waals surface area (Å²) in [6.45, 7) is 4.07. The number of nitrogens with zero attached hydrogens (tertiary/aromatic N) is 3. The van der Waals surface area contributed by atoms with E-state index in [9.17, 15) is 4.79 Å². The van der Waals surface area contributed by atoms with Crippen LogP contribution in [-0.4, -0.2) is 46.5 Å². The fourth-order valence-corrected chi connectivity index (χ4v) is 6.40. The Balaban J connectivity index is 0.950. The van der Waals surface area contributed by atoms with Crippen LogP contribution in [0.15, 0.2) is 36.5 Å². The third-order valence-electron chi connectivity index (χ3n) is 7.85. The molecule has 6 nitrogen and oxygen atoms in total. The maximum absolute atomic E-state index is 13.0. The van der Waals surface area contributed by atoms with Crippen molar-refractivity contribution in [3.8, 4) is 5.19 Å². The molecule has 2 fully saturated rings. The van der Waals surface area contributed by atoms with Crippen LogP contribution in [0.5, 0.6) is 5.19 Å². The van der Waals surface area contributed by atoms with Gasteiger partial charge in [-0.25, -0.2) is 4.98 Å². The van der Waals surface area contributed by atoms with Crippen molar-refractivity contribution < 1.29 is 9.53 Å². The maximum Gasteiger partial charge on any atom is 0.273 e. The van der Waals surface area contributed by atoms with Gasteiger partial charge < -0.3 is 10.1 Å². The average molecular weight is 491 g/mol. The van der Waals surface area contributed by atoms with Crippen molar-refractivity contribution in [1.29, 1.82) is 0 Å². The highest BCUT2D eigenvalue weighted by Gasteiger charge is 2.27. The summed E-state index contributed by atoms with van der Waals surface area (Å²) >= 11 is 1.76. The molecule has 0 spiro atoms. The van der Waals surface area contributed by atoms with E-state index in [0.29, 0.717) is 0 Å². The summed E-state index contributed by atoms with van der Waals surface area (Å²) in [5.74, 6) is 1.55. The summed E-state index contributed by atoms with van der Waals surface area (Å²) < 4.78 is 5.92. The normalized spacial score (nSPS) is 22.6. The highest BCUT2D eigenvalue weighted by Crippen LogP contribution is 2.34. The van der Waals surface area contributed by atoms with E-state index in [4.69, 9.17) is 9.72 Å². The van der Waals surface area contributed by atoms with Crippen LogP contribution >= 0.6 is 11.3 Å². The van der Waals surface area contributed by atoms with E-state index in [0.717, 1.165) is 79.0 Å². The van der Waals surface area contributed by atoms with Gasteiger partial charge in [-0.2, -0.15) is 0 Å². The molecule has 1 aromatic carbocycles. The molecule has 184 valence electrons. The number of hydrogen-bond acceptors (Lipinski definition) is 6.